The highest BCUT2D eigenvalue weighted by Crippen LogP contribution is 2.39. The molecule has 0 saturated carbocycles. The van der Waals surface area contributed by atoms with Gasteiger partial charge in [-0.25, -0.2) is 0 Å². The van der Waals surface area contributed by atoms with Crippen LogP contribution in [0.5, 0.6) is 0 Å². The molecular formula is C24H29N5O2S. The summed E-state index contributed by atoms with van der Waals surface area (Å²) >= 11 is 1.71. The molecule has 1 aromatic carbocycles. The van der Waals surface area contributed by atoms with Crippen LogP contribution >= 0.6 is 11.3 Å². The van der Waals surface area contributed by atoms with E-state index in [0.29, 0.717) is 19.0 Å². The fourth-order valence-electron chi connectivity index (χ4n) is 3.80. The van der Waals surface area contributed by atoms with Crippen molar-refractivity contribution in [2.24, 2.45) is 4.99 Å². The number of benzene rings is 1. The van der Waals surface area contributed by atoms with Crippen LogP contribution in [-0.2, 0) is 9.53 Å². The fraction of sp³-hybridized carbons (Fsp3) is 0.417. The minimum Gasteiger partial charge on any atom is -0.464 e. The first-order valence-corrected chi connectivity index (χ1v) is 11.6. The van der Waals surface area contributed by atoms with Gasteiger partial charge >= 0.3 is 5.97 Å². The normalized spacial score (nSPS) is 15.2. The van der Waals surface area contributed by atoms with E-state index in [4.69, 9.17) is 9.73 Å². The lowest BCUT2D eigenvalue weighted by Gasteiger charge is -2.14. The topological polar surface area (TPSA) is 72.6 Å². The summed E-state index contributed by atoms with van der Waals surface area (Å²) in [5, 5.41) is 9.81. The van der Waals surface area contributed by atoms with E-state index < -0.39 is 6.04 Å². The molecule has 1 atom stereocenters. The van der Waals surface area contributed by atoms with Crippen LogP contribution in [0.2, 0.25) is 0 Å². The van der Waals surface area contributed by atoms with Crippen LogP contribution in [0.15, 0.2) is 29.3 Å². The minimum absolute atomic E-state index is 0.119. The summed E-state index contributed by atoms with van der Waals surface area (Å²) in [5.74, 6) is 1.18. The lowest BCUT2D eigenvalue weighted by atomic mass is 9.99. The average Bonchev–Trinajstić information content (AvgIpc) is 3.21. The van der Waals surface area contributed by atoms with E-state index in [-0.39, 0.29) is 12.4 Å². The number of hydrogen-bond donors (Lipinski definition) is 0. The Morgan fingerprint density at radius 2 is 1.84 bits per heavy atom. The monoisotopic (exact) mass is 451 g/mol. The molecule has 0 unspecified atom stereocenters. The first kappa shape index (κ1) is 22.4. The van der Waals surface area contributed by atoms with Crippen molar-refractivity contribution in [3.63, 3.8) is 0 Å². The number of ether oxygens (including phenoxy) is 1. The second-order valence-electron chi connectivity index (χ2n) is 8.49. The number of carbonyl (C=O) groups excluding carboxylic acids is 1. The lowest BCUT2D eigenvalue weighted by Crippen LogP contribution is -2.21. The van der Waals surface area contributed by atoms with E-state index >= 15 is 0 Å². The molecule has 7 nitrogen and oxygen atoms in total. The molecule has 168 valence electrons. The van der Waals surface area contributed by atoms with E-state index in [2.05, 4.69) is 59.8 Å². The van der Waals surface area contributed by atoms with Gasteiger partial charge in [-0.05, 0) is 47.4 Å². The molecule has 0 amide bonds. The van der Waals surface area contributed by atoms with Gasteiger partial charge in [0.1, 0.15) is 23.5 Å². The maximum absolute atomic E-state index is 12.7. The van der Waals surface area contributed by atoms with E-state index in [0.717, 1.165) is 27.7 Å². The molecule has 0 radical (unpaired) electrons. The Hall–Kier alpha value is -2.84. The van der Waals surface area contributed by atoms with Crippen LogP contribution in [0.1, 0.15) is 51.2 Å². The van der Waals surface area contributed by atoms with Gasteiger partial charge in [-0.3, -0.25) is 14.4 Å². The van der Waals surface area contributed by atoms with Gasteiger partial charge in [0, 0.05) is 22.5 Å². The Kier molecular flexibility index (Phi) is 6.26. The fourth-order valence-corrected chi connectivity index (χ4v) is 5.01. The number of rotatable bonds is 6. The highest BCUT2D eigenvalue weighted by atomic mass is 32.1. The van der Waals surface area contributed by atoms with Crippen LogP contribution in [0, 0.1) is 27.7 Å². The molecule has 8 heteroatoms. The summed E-state index contributed by atoms with van der Waals surface area (Å²) in [5.41, 5.74) is 5.38. The molecule has 2 aromatic heterocycles. The molecular weight excluding hydrogens is 422 g/mol. The van der Waals surface area contributed by atoms with Gasteiger partial charge in [0.2, 0.25) is 0 Å². The number of likely N-dealkylation sites (N-methyl/N-ethyl adjacent to an activating group) is 1. The number of fused-ring (bicyclic) bond motifs is 3. The van der Waals surface area contributed by atoms with Crippen LogP contribution in [0.3, 0.4) is 0 Å². The molecule has 1 aliphatic rings. The van der Waals surface area contributed by atoms with Crippen molar-refractivity contribution in [3.8, 4) is 5.00 Å². The third-order valence-electron chi connectivity index (χ3n) is 5.73. The molecule has 32 heavy (non-hydrogen) atoms. The van der Waals surface area contributed by atoms with Gasteiger partial charge in [-0.2, -0.15) is 0 Å². The molecule has 0 saturated heterocycles. The molecule has 3 heterocycles. The minimum atomic E-state index is -0.473. The largest absolute Gasteiger partial charge is 0.464 e. The van der Waals surface area contributed by atoms with E-state index in [1.165, 1.54) is 16.0 Å². The van der Waals surface area contributed by atoms with Crippen LogP contribution < -0.4 is 0 Å². The number of esters is 1. The number of hydrogen-bond acceptors (Lipinski definition) is 7. The summed E-state index contributed by atoms with van der Waals surface area (Å²) in [7, 11) is 3.90. The predicted molar refractivity (Wildman–Crippen MR) is 127 cm³/mol. The van der Waals surface area contributed by atoms with Crippen molar-refractivity contribution < 1.29 is 9.53 Å². The van der Waals surface area contributed by atoms with Crippen molar-refractivity contribution in [1.82, 2.24) is 19.7 Å². The summed E-state index contributed by atoms with van der Waals surface area (Å²) in [6.45, 7) is 9.29. The molecule has 0 aliphatic carbocycles. The summed E-state index contributed by atoms with van der Waals surface area (Å²) < 4.78 is 7.53. The summed E-state index contributed by atoms with van der Waals surface area (Å²) in [4.78, 5) is 21.0. The zero-order valence-corrected chi connectivity index (χ0v) is 20.3. The molecule has 0 N–H and O–H groups in total. The molecule has 3 aromatic rings. The molecule has 0 bridgehead atoms. The van der Waals surface area contributed by atoms with Gasteiger partial charge in [-0.1, -0.05) is 29.8 Å². The Morgan fingerprint density at radius 3 is 2.53 bits per heavy atom. The third kappa shape index (κ3) is 4.25. The highest BCUT2D eigenvalue weighted by molar-refractivity contribution is 7.15. The predicted octanol–water partition coefficient (Wildman–Crippen LogP) is 3.95. The molecule has 1 aliphatic heterocycles. The SMILES string of the molecule is Cc1ccc(C2=N[C@@H](CC(=O)OCCN(C)C)c3nnc(C)n3-c3sc(C)c(C)c32)cc1. The van der Waals surface area contributed by atoms with Gasteiger partial charge in [0.05, 0.1) is 12.1 Å². The Labute approximate surface area is 192 Å². The smallest absolute Gasteiger partial charge is 0.308 e. The van der Waals surface area contributed by atoms with Gasteiger partial charge in [-0.15, -0.1) is 21.5 Å². The first-order chi connectivity index (χ1) is 15.3. The van der Waals surface area contributed by atoms with E-state index in [1.54, 1.807) is 11.3 Å². The van der Waals surface area contributed by atoms with E-state index in [9.17, 15) is 4.79 Å². The number of aromatic nitrogens is 3. The van der Waals surface area contributed by atoms with Crippen LogP contribution in [0.4, 0.5) is 0 Å². The quantitative estimate of drug-likeness (QED) is 0.531. The maximum atomic E-state index is 12.7. The number of nitrogens with zero attached hydrogens (tertiary/aromatic N) is 5. The standard InChI is InChI=1S/C24H29N5O2S/c1-14-7-9-18(10-8-14)22-21-15(2)16(3)32-24(21)29-17(4)26-27-23(29)19(25-22)13-20(30)31-12-11-28(5)6/h7-10,19H,11-13H2,1-6H3/t19-/m0/s1. The molecule has 4 rings (SSSR count). The lowest BCUT2D eigenvalue weighted by molar-refractivity contribution is -0.144. The Balaban J connectivity index is 1.81. The number of aryl methyl sites for hydroxylation is 3. The van der Waals surface area contributed by atoms with Gasteiger partial charge in [0.25, 0.3) is 0 Å². The molecule has 0 fully saturated rings. The highest BCUT2D eigenvalue weighted by Gasteiger charge is 2.32. The van der Waals surface area contributed by atoms with Crippen molar-refractivity contribution in [2.75, 3.05) is 27.2 Å². The van der Waals surface area contributed by atoms with Crippen molar-refractivity contribution in [2.45, 2.75) is 40.2 Å². The van der Waals surface area contributed by atoms with Crippen molar-refractivity contribution >= 4 is 23.0 Å². The third-order valence-corrected chi connectivity index (χ3v) is 6.92. The second-order valence-corrected chi connectivity index (χ2v) is 9.69. The van der Waals surface area contributed by atoms with Gasteiger partial charge < -0.3 is 9.64 Å². The first-order valence-electron chi connectivity index (χ1n) is 10.7. The van der Waals surface area contributed by atoms with Gasteiger partial charge in [0.15, 0.2) is 5.82 Å². The zero-order chi connectivity index (χ0) is 23.0. The summed E-state index contributed by atoms with van der Waals surface area (Å²) in [6, 6.07) is 7.89. The Bertz CT molecular complexity index is 1170. The van der Waals surface area contributed by atoms with Crippen LogP contribution in [0.25, 0.3) is 5.00 Å². The van der Waals surface area contributed by atoms with Crippen molar-refractivity contribution in [1.29, 1.82) is 0 Å². The maximum Gasteiger partial charge on any atom is 0.308 e. The number of thiophene rings is 1. The van der Waals surface area contributed by atoms with Crippen molar-refractivity contribution in [3.05, 3.63) is 63.0 Å². The van der Waals surface area contributed by atoms with E-state index in [1.807, 2.05) is 25.9 Å². The average molecular weight is 452 g/mol. The number of carbonyl (C=O) groups is 1. The Morgan fingerprint density at radius 1 is 1.12 bits per heavy atom. The summed E-state index contributed by atoms with van der Waals surface area (Å²) in [6.07, 6.45) is 0.119. The second kappa shape index (κ2) is 8.96. The number of aliphatic imine (C=N–C) groups is 1. The van der Waals surface area contributed by atoms with Crippen LogP contribution in [-0.4, -0.2) is 58.6 Å². The molecule has 0 spiro atoms. The zero-order valence-electron chi connectivity index (χ0n) is 19.5.